The van der Waals surface area contributed by atoms with Crippen molar-refractivity contribution in [1.82, 2.24) is 10.3 Å². The molecule has 0 fully saturated rings. The van der Waals surface area contributed by atoms with E-state index >= 15 is 0 Å². The Balaban J connectivity index is 1.69. The zero-order valence-electron chi connectivity index (χ0n) is 11.5. The molecule has 2 heterocycles. The molecule has 1 aromatic carbocycles. The predicted molar refractivity (Wildman–Crippen MR) is 83.5 cm³/mol. The largest absolute Gasteiger partial charge is 0.451 e. The monoisotopic (exact) mass is 301 g/mol. The Labute approximate surface area is 125 Å². The fourth-order valence-electron chi connectivity index (χ4n) is 2.07. The molecular weight excluding hydrogens is 286 g/mol. The highest BCUT2D eigenvalue weighted by Crippen LogP contribution is 2.22. The molecule has 1 amide bonds. The van der Waals surface area contributed by atoms with Crippen LogP contribution in [0.2, 0.25) is 0 Å². The maximum absolute atomic E-state index is 12.1. The summed E-state index contributed by atoms with van der Waals surface area (Å²) in [5, 5.41) is 6.63. The quantitative estimate of drug-likeness (QED) is 0.726. The van der Waals surface area contributed by atoms with Gasteiger partial charge >= 0.3 is 0 Å². The van der Waals surface area contributed by atoms with Gasteiger partial charge < -0.3 is 15.5 Å². The summed E-state index contributed by atoms with van der Waals surface area (Å²) >= 11 is 1.58. The molecule has 0 spiro atoms. The number of carbonyl (C=O) groups excluding carboxylic acids is 1. The number of thiazole rings is 1. The number of nitrogens with one attached hydrogen (secondary N) is 1. The lowest BCUT2D eigenvalue weighted by atomic mass is 10.2. The van der Waals surface area contributed by atoms with Crippen molar-refractivity contribution in [2.45, 2.75) is 12.8 Å². The second kappa shape index (κ2) is 5.57. The van der Waals surface area contributed by atoms with Crippen molar-refractivity contribution in [1.29, 1.82) is 0 Å². The third-order valence-corrected chi connectivity index (χ3v) is 4.21. The van der Waals surface area contributed by atoms with E-state index in [1.165, 1.54) is 0 Å². The van der Waals surface area contributed by atoms with E-state index in [2.05, 4.69) is 10.3 Å². The van der Waals surface area contributed by atoms with E-state index in [0.29, 0.717) is 23.6 Å². The molecule has 0 aliphatic carbocycles. The van der Waals surface area contributed by atoms with Crippen LogP contribution in [0.1, 0.15) is 28.4 Å². The molecule has 0 aliphatic heterocycles. The number of hydrogen-bond donors (Lipinski definition) is 2. The van der Waals surface area contributed by atoms with Gasteiger partial charge in [-0.15, -0.1) is 11.3 Å². The van der Waals surface area contributed by atoms with Crippen LogP contribution in [-0.2, 0) is 0 Å². The summed E-state index contributed by atoms with van der Waals surface area (Å²) in [7, 11) is 0. The second-order valence-corrected chi connectivity index (χ2v) is 5.82. The molecule has 108 valence electrons. The molecular formula is C15H15N3O2S. The molecule has 2 aromatic heterocycles. The lowest BCUT2D eigenvalue weighted by molar-refractivity contribution is 0.0926. The summed E-state index contributed by atoms with van der Waals surface area (Å²) in [5.41, 5.74) is 7.01. The molecule has 1 atom stereocenters. The summed E-state index contributed by atoms with van der Waals surface area (Å²) < 4.78 is 5.53. The average molecular weight is 301 g/mol. The first-order chi connectivity index (χ1) is 10.1. The molecule has 21 heavy (non-hydrogen) atoms. The summed E-state index contributed by atoms with van der Waals surface area (Å²) in [6.45, 7) is 2.55. The highest BCUT2D eigenvalue weighted by atomic mass is 32.1. The minimum absolute atomic E-state index is 0.175. The van der Waals surface area contributed by atoms with Gasteiger partial charge in [0.1, 0.15) is 5.58 Å². The second-order valence-electron chi connectivity index (χ2n) is 4.89. The number of nitrogens with zero attached hydrogens (tertiary/aromatic N) is 1. The van der Waals surface area contributed by atoms with Crippen LogP contribution in [-0.4, -0.2) is 17.4 Å². The summed E-state index contributed by atoms with van der Waals surface area (Å²) in [4.78, 5) is 16.4. The number of benzene rings is 1. The minimum atomic E-state index is -0.229. The van der Waals surface area contributed by atoms with Gasteiger partial charge in [0, 0.05) is 35.1 Å². The lowest BCUT2D eigenvalue weighted by Gasteiger charge is -2.08. The number of aromatic nitrogens is 1. The normalized spacial score (nSPS) is 12.4. The van der Waals surface area contributed by atoms with Crippen molar-refractivity contribution >= 4 is 33.9 Å². The number of nitrogen functional groups attached to an aromatic ring is 1. The van der Waals surface area contributed by atoms with E-state index in [4.69, 9.17) is 10.2 Å². The molecule has 5 nitrogen and oxygen atoms in total. The summed E-state index contributed by atoms with van der Waals surface area (Å²) in [6.07, 6.45) is 1.77. The fourth-order valence-corrected chi connectivity index (χ4v) is 2.77. The van der Waals surface area contributed by atoms with E-state index in [1.54, 1.807) is 41.8 Å². The number of nitrogens with two attached hydrogens (primary N) is 1. The van der Waals surface area contributed by atoms with Crippen molar-refractivity contribution < 1.29 is 9.21 Å². The van der Waals surface area contributed by atoms with Crippen molar-refractivity contribution in [3.05, 3.63) is 46.6 Å². The van der Waals surface area contributed by atoms with Gasteiger partial charge in [0.25, 0.3) is 5.91 Å². The van der Waals surface area contributed by atoms with Gasteiger partial charge in [-0.25, -0.2) is 4.98 Å². The first-order valence-electron chi connectivity index (χ1n) is 6.60. The number of hydrogen-bond acceptors (Lipinski definition) is 5. The molecule has 3 aromatic rings. The van der Waals surface area contributed by atoms with E-state index in [0.717, 1.165) is 10.4 Å². The van der Waals surface area contributed by atoms with Crippen LogP contribution in [0.3, 0.4) is 0 Å². The Morgan fingerprint density at radius 3 is 3.10 bits per heavy atom. The van der Waals surface area contributed by atoms with Crippen LogP contribution in [0.5, 0.6) is 0 Å². The number of rotatable bonds is 4. The topological polar surface area (TPSA) is 81.2 Å². The Morgan fingerprint density at radius 1 is 1.48 bits per heavy atom. The molecule has 0 bridgehead atoms. The zero-order chi connectivity index (χ0) is 14.8. The molecule has 0 radical (unpaired) electrons. The van der Waals surface area contributed by atoms with Crippen LogP contribution in [0, 0.1) is 0 Å². The van der Waals surface area contributed by atoms with Gasteiger partial charge in [0.15, 0.2) is 5.76 Å². The van der Waals surface area contributed by atoms with Gasteiger partial charge in [-0.2, -0.15) is 0 Å². The highest BCUT2D eigenvalue weighted by Gasteiger charge is 2.14. The molecule has 0 aliphatic rings. The van der Waals surface area contributed by atoms with Gasteiger partial charge in [0.05, 0.1) is 5.01 Å². The number of furan rings is 1. The molecule has 3 N–H and O–H groups in total. The van der Waals surface area contributed by atoms with Crippen molar-refractivity contribution in [3.8, 4) is 0 Å². The molecule has 1 unspecified atom stereocenters. The van der Waals surface area contributed by atoms with Crippen LogP contribution in [0.15, 0.2) is 40.3 Å². The number of carbonyl (C=O) groups is 1. The van der Waals surface area contributed by atoms with Crippen LogP contribution < -0.4 is 11.1 Å². The van der Waals surface area contributed by atoms with E-state index in [1.807, 2.05) is 12.3 Å². The summed E-state index contributed by atoms with van der Waals surface area (Å²) in [5.74, 6) is 0.240. The first-order valence-corrected chi connectivity index (χ1v) is 7.48. The predicted octanol–water partition coefficient (Wildman–Crippen LogP) is 3.01. The van der Waals surface area contributed by atoms with E-state index in [-0.39, 0.29) is 11.8 Å². The Kier molecular flexibility index (Phi) is 3.62. The van der Waals surface area contributed by atoms with Gasteiger partial charge in [-0.1, -0.05) is 6.92 Å². The number of amides is 1. The number of fused-ring (bicyclic) bond motifs is 1. The maximum atomic E-state index is 12.1. The molecule has 6 heteroatoms. The first kappa shape index (κ1) is 13.6. The zero-order valence-corrected chi connectivity index (χ0v) is 12.3. The number of anilines is 1. The fraction of sp³-hybridized carbons (Fsp3) is 0.200. The Bertz CT molecular complexity index is 764. The Hall–Kier alpha value is -2.34. The Morgan fingerprint density at radius 2 is 2.33 bits per heavy atom. The standard InChI is InChI=1S/C15H15N3O2S/c1-9(15-17-4-5-21-15)8-18-14(19)13-7-10-6-11(16)2-3-12(10)20-13/h2-7,9H,8,16H2,1H3,(H,18,19). The third kappa shape index (κ3) is 2.90. The third-order valence-electron chi connectivity index (χ3n) is 3.21. The van der Waals surface area contributed by atoms with Gasteiger partial charge in [-0.05, 0) is 24.3 Å². The van der Waals surface area contributed by atoms with Gasteiger partial charge in [-0.3, -0.25) is 4.79 Å². The van der Waals surface area contributed by atoms with Crippen molar-refractivity contribution in [2.24, 2.45) is 0 Å². The minimum Gasteiger partial charge on any atom is -0.451 e. The van der Waals surface area contributed by atoms with Crippen molar-refractivity contribution in [2.75, 3.05) is 12.3 Å². The van der Waals surface area contributed by atoms with Crippen LogP contribution >= 0.6 is 11.3 Å². The average Bonchev–Trinajstić information content (AvgIpc) is 3.12. The molecule has 0 saturated carbocycles. The van der Waals surface area contributed by atoms with Crippen LogP contribution in [0.25, 0.3) is 11.0 Å². The lowest BCUT2D eigenvalue weighted by Crippen LogP contribution is -2.27. The van der Waals surface area contributed by atoms with Gasteiger partial charge in [0.2, 0.25) is 0 Å². The van der Waals surface area contributed by atoms with Crippen molar-refractivity contribution in [3.63, 3.8) is 0 Å². The van der Waals surface area contributed by atoms with E-state index < -0.39 is 0 Å². The SMILES string of the molecule is CC(CNC(=O)c1cc2cc(N)ccc2o1)c1nccs1. The maximum Gasteiger partial charge on any atom is 0.287 e. The molecule has 3 rings (SSSR count). The molecule has 0 saturated heterocycles. The smallest absolute Gasteiger partial charge is 0.287 e. The van der Waals surface area contributed by atoms with E-state index in [9.17, 15) is 4.79 Å². The highest BCUT2D eigenvalue weighted by molar-refractivity contribution is 7.09. The summed E-state index contributed by atoms with van der Waals surface area (Å²) in [6, 6.07) is 7.00. The van der Waals surface area contributed by atoms with Crippen LogP contribution in [0.4, 0.5) is 5.69 Å².